The van der Waals surface area contributed by atoms with E-state index in [1.54, 1.807) is 0 Å². The van der Waals surface area contributed by atoms with E-state index in [9.17, 15) is 0 Å². The van der Waals surface area contributed by atoms with E-state index < -0.39 is 0 Å². The molecule has 0 heterocycles. The summed E-state index contributed by atoms with van der Waals surface area (Å²) in [5.74, 6) is 0. The summed E-state index contributed by atoms with van der Waals surface area (Å²) in [4.78, 5) is 0. The van der Waals surface area contributed by atoms with Crippen molar-refractivity contribution >= 4 is 15.9 Å². The normalized spacial score (nSPS) is 13.7. The van der Waals surface area contributed by atoms with Crippen molar-refractivity contribution < 1.29 is 5.11 Å². The number of aliphatic hydroxyl groups is 1. The molecule has 0 aromatic rings. The summed E-state index contributed by atoms with van der Waals surface area (Å²) in [6.07, 6.45) is 0. The van der Waals surface area contributed by atoms with Gasteiger partial charge in [0.15, 0.2) is 0 Å². The van der Waals surface area contributed by atoms with Crippen molar-refractivity contribution in [3.63, 3.8) is 0 Å². The van der Waals surface area contributed by atoms with E-state index in [2.05, 4.69) is 15.9 Å². The summed E-state index contributed by atoms with van der Waals surface area (Å²) >= 11 is 3.22. The van der Waals surface area contributed by atoms with Crippen molar-refractivity contribution in [2.45, 2.75) is 13.8 Å². The Labute approximate surface area is 52.2 Å². The molecule has 42 valence electrons. The van der Waals surface area contributed by atoms with Gasteiger partial charge in [-0.15, -0.1) is 0 Å². The van der Waals surface area contributed by atoms with Crippen LogP contribution in [-0.2, 0) is 0 Å². The molecule has 0 saturated heterocycles. The lowest BCUT2D eigenvalue weighted by atomic mass is 10.3. The number of aliphatic hydroxyl groups excluding tert-OH is 1. The Hall–Kier alpha value is 0.180. The third-order valence-corrected chi connectivity index (χ3v) is 1.50. The van der Waals surface area contributed by atoms with Crippen LogP contribution < -0.4 is 0 Å². The fourth-order valence-corrected chi connectivity index (χ4v) is 0.234. The highest BCUT2D eigenvalue weighted by atomic mass is 79.9. The Morgan fingerprint density at radius 2 is 2.00 bits per heavy atom. The predicted molar refractivity (Wildman–Crippen MR) is 34.4 cm³/mol. The Morgan fingerprint density at radius 3 is 2.00 bits per heavy atom. The van der Waals surface area contributed by atoms with E-state index >= 15 is 0 Å². The molecule has 0 bridgehead atoms. The van der Waals surface area contributed by atoms with Crippen LogP contribution >= 0.6 is 15.9 Å². The van der Waals surface area contributed by atoms with Crippen LogP contribution in [-0.4, -0.2) is 11.7 Å². The fourth-order valence-electron chi connectivity index (χ4n) is 0.109. The molecule has 0 aromatic carbocycles. The van der Waals surface area contributed by atoms with Crippen LogP contribution in [0.5, 0.6) is 0 Å². The lowest BCUT2D eigenvalue weighted by molar-refractivity contribution is 0.331. The van der Waals surface area contributed by atoms with Gasteiger partial charge in [0.1, 0.15) is 0 Å². The van der Waals surface area contributed by atoms with E-state index in [1.807, 2.05) is 13.8 Å². The molecule has 0 fully saturated rings. The van der Waals surface area contributed by atoms with Crippen LogP contribution in [0.2, 0.25) is 0 Å². The van der Waals surface area contributed by atoms with Gasteiger partial charge in [-0.3, -0.25) is 0 Å². The van der Waals surface area contributed by atoms with Gasteiger partial charge in [0.25, 0.3) is 0 Å². The predicted octanol–water partition coefficient (Wildman–Crippen LogP) is 1.67. The summed E-state index contributed by atoms with van der Waals surface area (Å²) in [7, 11) is 0. The van der Waals surface area contributed by atoms with Gasteiger partial charge in [-0.2, -0.15) is 0 Å². The molecule has 0 rings (SSSR count). The van der Waals surface area contributed by atoms with Crippen molar-refractivity contribution in [2.24, 2.45) is 0 Å². The maximum atomic E-state index is 8.42. The Bertz CT molecular complexity index is 82.1. The first-order valence-corrected chi connectivity index (χ1v) is 2.90. The molecule has 2 heteroatoms. The SMILES string of the molecule is CC(Br)=C(C)CO. The lowest BCUT2D eigenvalue weighted by Crippen LogP contribution is -1.83. The number of hydrogen-bond acceptors (Lipinski definition) is 1. The Balaban J connectivity index is 3.72. The zero-order chi connectivity index (χ0) is 5.86. The van der Waals surface area contributed by atoms with Crippen molar-refractivity contribution in [1.29, 1.82) is 0 Å². The molecular formula is C5H9BrO. The monoisotopic (exact) mass is 164 g/mol. The minimum Gasteiger partial charge on any atom is -0.392 e. The Kier molecular flexibility index (Phi) is 3.30. The highest BCUT2D eigenvalue weighted by Gasteiger charge is 1.86. The molecule has 7 heavy (non-hydrogen) atoms. The third-order valence-electron chi connectivity index (χ3n) is 0.825. The minimum atomic E-state index is 0.150. The zero-order valence-corrected chi connectivity index (χ0v) is 6.12. The van der Waals surface area contributed by atoms with E-state index in [0.717, 1.165) is 10.1 Å². The topological polar surface area (TPSA) is 20.2 Å². The second-order valence-electron chi connectivity index (χ2n) is 1.47. The van der Waals surface area contributed by atoms with E-state index in [0.29, 0.717) is 0 Å². The minimum absolute atomic E-state index is 0.150. The number of halogens is 1. The van der Waals surface area contributed by atoms with Gasteiger partial charge < -0.3 is 5.11 Å². The van der Waals surface area contributed by atoms with E-state index in [1.165, 1.54) is 0 Å². The van der Waals surface area contributed by atoms with Gasteiger partial charge in [-0.25, -0.2) is 0 Å². The van der Waals surface area contributed by atoms with Gasteiger partial charge in [0.05, 0.1) is 6.61 Å². The zero-order valence-electron chi connectivity index (χ0n) is 4.53. The molecule has 0 unspecified atom stereocenters. The summed E-state index contributed by atoms with van der Waals surface area (Å²) in [6, 6.07) is 0. The van der Waals surface area contributed by atoms with Crippen LogP contribution in [0.3, 0.4) is 0 Å². The van der Waals surface area contributed by atoms with Crippen molar-refractivity contribution in [3.8, 4) is 0 Å². The molecule has 0 aliphatic carbocycles. The fraction of sp³-hybridized carbons (Fsp3) is 0.600. The van der Waals surface area contributed by atoms with Crippen LogP contribution in [0.1, 0.15) is 13.8 Å². The average molecular weight is 165 g/mol. The first kappa shape index (κ1) is 7.18. The van der Waals surface area contributed by atoms with Crippen molar-refractivity contribution in [1.82, 2.24) is 0 Å². The average Bonchev–Trinajstić information content (AvgIpc) is 1.65. The molecule has 0 amide bonds. The molecule has 0 aliphatic rings. The Morgan fingerprint density at radius 1 is 1.57 bits per heavy atom. The summed E-state index contributed by atoms with van der Waals surface area (Å²) in [5.41, 5.74) is 0.986. The molecule has 0 saturated carbocycles. The molecule has 0 atom stereocenters. The van der Waals surface area contributed by atoms with Gasteiger partial charge >= 0.3 is 0 Å². The second-order valence-corrected chi connectivity index (χ2v) is 2.66. The first-order valence-electron chi connectivity index (χ1n) is 2.11. The highest BCUT2D eigenvalue weighted by Crippen LogP contribution is 2.07. The van der Waals surface area contributed by atoms with Gasteiger partial charge in [0.2, 0.25) is 0 Å². The number of rotatable bonds is 1. The van der Waals surface area contributed by atoms with Crippen molar-refractivity contribution in [3.05, 3.63) is 10.1 Å². The largest absolute Gasteiger partial charge is 0.392 e. The van der Waals surface area contributed by atoms with Crippen LogP contribution in [0.25, 0.3) is 0 Å². The molecule has 1 nitrogen and oxygen atoms in total. The molecule has 1 N–H and O–H groups in total. The molecular weight excluding hydrogens is 156 g/mol. The summed E-state index contributed by atoms with van der Waals surface area (Å²) in [6.45, 7) is 3.94. The first-order chi connectivity index (χ1) is 3.18. The molecule has 0 spiro atoms. The number of hydrogen-bond donors (Lipinski definition) is 1. The van der Waals surface area contributed by atoms with Gasteiger partial charge in [-0.05, 0) is 23.9 Å². The van der Waals surface area contributed by atoms with Crippen LogP contribution in [0.4, 0.5) is 0 Å². The van der Waals surface area contributed by atoms with E-state index in [-0.39, 0.29) is 6.61 Å². The molecule has 0 radical (unpaired) electrons. The smallest absolute Gasteiger partial charge is 0.0649 e. The van der Waals surface area contributed by atoms with E-state index in [4.69, 9.17) is 5.11 Å². The lowest BCUT2D eigenvalue weighted by Gasteiger charge is -1.92. The maximum absolute atomic E-state index is 8.42. The van der Waals surface area contributed by atoms with Crippen molar-refractivity contribution in [2.75, 3.05) is 6.61 Å². The van der Waals surface area contributed by atoms with Crippen LogP contribution in [0.15, 0.2) is 10.1 Å². The highest BCUT2D eigenvalue weighted by molar-refractivity contribution is 9.11. The maximum Gasteiger partial charge on any atom is 0.0649 e. The quantitative estimate of drug-likeness (QED) is 0.626. The second kappa shape index (κ2) is 3.22. The summed E-state index contributed by atoms with van der Waals surface area (Å²) in [5, 5.41) is 8.42. The molecule has 0 aromatic heterocycles. The van der Waals surface area contributed by atoms with Gasteiger partial charge in [0, 0.05) is 0 Å². The third kappa shape index (κ3) is 2.83. The standard InChI is InChI=1S/C5H9BrO/c1-4(3-7)5(2)6/h7H,3H2,1-2H3. The molecule has 0 aliphatic heterocycles. The summed E-state index contributed by atoms with van der Waals surface area (Å²) < 4.78 is 1.02. The van der Waals surface area contributed by atoms with Crippen LogP contribution in [0, 0.1) is 0 Å². The van der Waals surface area contributed by atoms with Gasteiger partial charge in [-0.1, -0.05) is 15.9 Å². The number of allylic oxidation sites excluding steroid dienone is 1.